The Bertz CT molecular complexity index is 641. The fourth-order valence-electron chi connectivity index (χ4n) is 2.05. The lowest BCUT2D eigenvalue weighted by Crippen LogP contribution is -2.41. The van der Waals surface area contributed by atoms with E-state index in [1.54, 1.807) is 11.3 Å². The Morgan fingerprint density at radius 1 is 1.27 bits per heavy atom. The molecule has 0 radical (unpaired) electrons. The Labute approximate surface area is 135 Å². The van der Waals surface area contributed by atoms with E-state index >= 15 is 0 Å². The van der Waals surface area contributed by atoms with Gasteiger partial charge in [0.25, 0.3) is 0 Å². The smallest absolute Gasteiger partial charge is 0.408 e. The van der Waals surface area contributed by atoms with Gasteiger partial charge in [0.1, 0.15) is 6.10 Å². The normalized spacial score (nSPS) is 12.8. The summed E-state index contributed by atoms with van der Waals surface area (Å²) in [5, 5.41) is 2.79. The van der Waals surface area contributed by atoms with Crippen LogP contribution < -0.4 is 5.32 Å². The number of nitrogens with one attached hydrogen (secondary N) is 1. The number of benzene rings is 1. The van der Waals surface area contributed by atoms with Crippen LogP contribution >= 0.6 is 11.3 Å². The molecule has 1 N–H and O–H groups in total. The number of carbonyl (C=O) groups excluding carboxylic acids is 1. The quantitative estimate of drug-likeness (QED) is 0.892. The molecule has 1 amide bonds. The number of carbonyl (C=O) groups is 1. The predicted molar refractivity (Wildman–Crippen MR) is 90.1 cm³/mol. The summed E-state index contributed by atoms with van der Waals surface area (Å²) in [5.74, 6) is 0. The van der Waals surface area contributed by atoms with Gasteiger partial charge in [0, 0.05) is 5.54 Å². The van der Waals surface area contributed by atoms with Crippen LogP contribution in [0.25, 0.3) is 10.4 Å². The Kier molecular flexibility index (Phi) is 4.86. The van der Waals surface area contributed by atoms with Crippen molar-refractivity contribution in [2.45, 2.75) is 46.3 Å². The third kappa shape index (κ3) is 4.31. The molecular weight excluding hydrogens is 296 g/mol. The van der Waals surface area contributed by atoms with Gasteiger partial charge in [-0.2, -0.15) is 0 Å². The monoisotopic (exact) mass is 318 g/mol. The summed E-state index contributed by atoms with van der Waals surface area (Å²) in [6.45, 7) is 9.64. The minimum atomic E-state index is -0.401. The maximum absolute atomic E-state index is 11.8. The van der Waals surface area contributed by atoms with Gasteiger partial charge in [0.15, 0.2) is 0 Å². The zero-order valence-electron chi connectivity index (χ0n) is 13.6. The zero-order chi connectivity index (χ0) is 16.3. The van der Waals surface area contributed by atoms with Crippen LogP contribution in [0.2, 0.25) is 0 Å². The van der Waals surface area contributed by atoms with E-state index in [1.165, 1.54) is 4.88 Å². The molecule has 0 aliphatic rings. The number of hydrogen-bond acceptors (Lipinski definition) is 4. The maximum atomic E-state index is 11.8. The van der Waals surface area contributed by atoms with Crippen molar-refractivity contribution >= 4 is 17.4 Å². The Balaban J connectivity index is 2.04. The fraction of sp³-hybridized carbons (Fsp3) is 0.412. The lowest BCUT2D eigenvalue weighted by Gasteiger charge is -2.22. The standard InChI is InChI=1S/C17H22N2O2S/c1-11-15(22-10-18-11)14-8-6-13(7-9-14)12(2)21-16(20)19-17(3,4)5/h6-10,12H,1-5H3,(H,19,20)/t12-/m0/s1. The molecule has 0 spiro atoms. The van der Waals surface area contributed by atoms with E-state index in [1.807, 2.05) is 64.4 Å². The number of aromatic nitrogens is 1. The van der Waals surface area contributed by atoms with Gasteiger partial charge >= 0.3 is 6.09 Å². The van der Waals surface area contributed by atoms with E-state index < -0.39 is 6.09 Å². The van der Waals surface area contributed by atoms with Crippen molar-refractivity contribution < 1.29 is 9.53 Å². The number of alkyl carbamates (subject to hydrolysis) is 1. The van der Waals surface area contributed by atoms with Crippen molar-refractivity contribution in [2.75, 3.05) is 0 Å². The number of rotatable bonds is 3. The molecule has 5 heteroatoms. The molecule has 118 valence electrons. The molecule has 1 atom stereocenters. The van der Waals surface area contributed by atoms with Crippen molar-refractivity contribution in [3.8, 4) is 10.4 Å². The molecule has 1 aromatic carbocycles. The molecule has 2 aromatic rings. The number of hydrogen-bond donors (Lipinski definition) is 1. The van der Waals surface area contributed by atoms with Gasteiger partial charge in [0.05, 0.1) is 16.1 Å². The Morgan fingerprint density at radius 2 is 1.91 bits per heavy atom. The van der Waals surface area contributed by atoms with Crippen LogP contribution in [0.1, 0.15) is 45.1 Å². The molecule has 0 aliphatic heterocycles. The lowest BCUT2D eigenvalue weighted by molar-refractivity contribution is 0.100. The van der Waals surface area contributed by atoms with Crippen LogP contribution in [0, 0.1) is 6.92 Å². The maximum Gasteiger partial charge on any atom is 0.408 e. The van der Waals surface area contributed by atoms with Gasteiger partial charge < -0.3 is 10.1 Å². The van der Waals surface area contributed by atoms with Crippen molar-refractivity contribution in [2.24, 2.45) is 0 Å². The third-order valence-corrected chi connectivity index (χ3v) is 4.13. The Hall–Kier alpha value is -1.88. The molecule has 0 aliphatic carbocycles. The molecule has 0 unspecified atom stereocenters. The fourth-order valence-corrected chi connectivity index (χ4v) is 2.86. The summed E-state index contributed by atoms with van der Waals surface area (Å²) in [7, 11) is 0. The molecule has 0 fully saturated rings. The largest absolute Gasteiger partial charge is 0.442 e. The van der Waals surface area contributed by atoms with Crippen LogP contribution in [-0.2, 0) is 4.74 Å². The van der Waals surface area contributed by atoms with Crippen molar-refractivity contribution in [3.63, 3.8) is 0 Å². The Morgan fingerprint density at radius 3 is 2.41 bits per heavy atom. The molecule has 0 bridgehead atoms. The predicted octanol–water partition coefficient (Wildman–Crippen LogP) is 4.70. The summed E-state index contributed by atoms with van der Waals surface area (Å²) < 4.78 is 5.41. The van der Waals surface area contributed by atoms with E-state index in [-0.39, 0.29) is 11.6 Å². The highest BCUT2D eigenvalue weighted by Crippen LogP contribution is 2.28. The highest BCUT2D eigenvalue weighted by molar-refractivity contribution is 7.13. The first kappa shape index (κ1) is 16.5. The molecule has 22 heavy (non-hydrogen) atoms. The number of amides is 1. The van der Waals surface area contributed by atoms with Gasteiger partial charge in [0.2, 0.25) is 0 Å². The molecule has 0 saturated carbocycles. The molecule has 1 aromatic heterocycles. The lowest BCUT2D eigenvalue weighted by atomic mass is 10.1. The molecule has 0 saturated heterocycles. The van der Waals surface area contributed by atoms with Crippen LogP contribution in [0.4, 0.5) is 4.79 Å². The van der Waals surface area contributed by atoms with Gasteiger partial charge in [-0.05, 0) is 45.7 Å². The van der Waals surface area contributed by atoms with E-state index in [9.17, 15) is 4.79 Å². The molecule has 2 rings (SSSR count). The molecule has 4 nitrogen and oxygen atoms in total. The van der Waals surface area contributed by atoms with Crippen molar-refractivity contribution in [1.82, 2.24) is 10.3 Å². The summed E-state index contributed by atoms with van der Waals surface area (Å²) in [6.07, 6.45) is -0.693. The van der Waals surface area contributed by atoms with Crippen molar-refractivity contribution in [1.29, 1.82) is 0 Å². The first-order valence-corrected chi connectivity index (χ1v) is 8.13. The van der Waals surface area contributed by atoms with Gasteiger partial charge in [-0.25, -0.2) is 9.78 Å². The van der Waals surface area contributed by atoms with E-state index in [0.717, 1.165) is 16.8 Å². The summed E-state index contributed by atoms with van der Waals surface area (Å²) in [4.78, 5) is 17.2. The van der Waals surface area contributed by atoms with Crippen molar-refractivity contribution in [3.05, 3.63) is 41.0 Å². The highest BCUT2D eigenvalue weighted by Gasteiger charge is 2.18. The highest BCUT2D eigenvalue weighted by atomic mass is 32.1. The minimum Gasteiger partial charge on any atom is -0.442 e. The van der Waals surface area contributed by atoms with Gasteiger partial charge in [-0.1, -0.05) is 24.3 Å². The van der Waals surface area contributed by atoms with Crippen LogP contribution in [0.5, 0.6) is 0 Å². The summed E-state index contributed by atoms with van der Waals surface area (Å²) >= 11 is 1.63. The number of ether oxygens (including phenoxy) is 1. The van der Waals surface area contributed by atoms with Gasteiger partial charge in [-0.15, -0.1) is 11.3 Å². The second-order valence-electron chi connectivity index (χ2n) is 6.31. The average molecular weight is 318 g/mol. The first-order valence-electron chi connectivity index (χ1n) is 7.25. The molecule has 1 heterocycles. The van der Waals surface area contributed by atoms with Crippen LogP contribution in [0.3, 0.4) is 0 Å². The van der Waals surface area contributed by atoms with Gasteiger partial charge in [-0.3, -0.25) is 0 Å². The average Bonchev–Trinajstić information content (AvgIpc) is 2.83. The van der Waals surface area contributed by atoms with E-state index in [4.69, 9.17) is 4.74 Å². The third-order valence-electron chi connectivity index (χ3n) is 3.15. The van der Waals surface area contributed by atoms with Crippen LogP contribution in [0.15, 0.2) is 29.8 Å². The van der Waals surface area contributed by atoms with E-state index in [0.29, 0.717) is 0 Å². The number of nitrogens with zero attached hydrogens (tertiary/aromatic N) is 1. The van der Waals surface area contributed by atoms with Crippen LogP contribution in [-0.4, -0.2) is 16.6 Å². The second kappa shape index (κ2) is 6.48. The molecular formula is C17H22N2O2S. The minimum absolute atomic E-state index is 0.293. The van der Waals surface area contributed by atoms with E-state index in [2.05, 4.69) is 10.3 Å². The summed E-state index contributed by atoms with van der Waals surface area (Å²) in [6, 6.07) is 8.06. The zero-order valence-corrected chi connectivity index (χ0v) is 14.5. The number of aryl methyl sites for hydroxylation is 1. The first-order chi connectivity index (χ1) is 10.3. The topological polar surface area (TPSA) is 51.2 Å². The number of thiazole rings is 1. The SMILES string of the molecule is Cc1ncsc1-c1ccc([C@H](C)OC(=O)NC(C)(C)C)cc1. The second-order valence-corrected chi connectivity index (χ2v) is 7.17. The summed E-state index contributed by atoms with van der Waals surface area (Å²) in [5.41, 5.74) is 4.68.